The molecule has 154 valence electrons. The minimum atomic E-state index is -0.643. The van der Waals surface area contributed by atoms with E-state index >= 15 is 0 Å². The number of hydrogen-bond donors (Lipinski definition) is 1. The minimum absolute atomic E-state index is 0.0554. The first-order chi connectivity index (χ1) is 14.1. The van der Waals surface area contributed by atoms with Crippen molar-refractivity contribution in [3.05, 3.63) is 60.2 Å². The van der Waals surface area contributed by atoms with Crippen LogP contribution in [0.1, 0.15) is 11.6 Å². The van der Waals surface area contributed by atoms with Crippen LogP contribution in [-0.2, 0) is 19.1 Å². The summed E-state index contributed by atoms with van der Waals surface area (Å²) < 4.78 is 10.3. The van der Waals surface area contributed by atoms with Crippen LogP contribution in [0.4, 0.5) is 11.4 Å². The van der Waals surface area contributed by atoms with E-state index in [0.717, 1.165) is 43.2 Å². The molecule has 0 saturated carbocycles. The molecule has 2 aromatic carbocycles. The largest absolute Gasteiger partial charge is 0.468 e. The average Bonchev–Trinajstić information content (AvgIpc) is 2.75. The van der Waals surface area contributed by atoms with Gasteiger partial charge < -0.3 is 19.7 Å². The van der Waals surface area contributed by atoms with Gasteiger partial charge in [-0.15, -0.1) is 0 Å². The van der Waals surface area contributed by atoms with E-state index in [9.17, 15) is 9.59 Å². The third-order valence-electron chi connectivity index (χ3n) is 4.90. The monoisotopic (exact) mass is 397 g/mol. The summed E-state index contributed by atoms with van der Waals surface area (Å²) in [6.45, 7) is 3.25. The number of morpholine rings is 1. The number of esters is 1. The summed E-state index contributed by atoms with van der Waals surface area (Å²) in [6, 6.07) is 16.4. The highest BCUT2D eigenvalue weighted by molar-refractivity contribution is 5.93. The number of methoxy groups -OCH3 is 1. The number of anilines is 2. The molecule has 1 aliphatic rings. The molecule has 0 unspecified atom stereocenters. The molecule has 1 atom stereocenters. The van der Waals surface area contributed by atoms with Gasteiger partial charge in [-0.2, -0.15) is 0 Å². The number of nitrogens with zero attached hydrogens (tertiary/aromatic N) is 2. The fourth-order valence-electron chi connectivity index (χ4n) is 3.41. The zero-order valence-electron chi connectivity index (χ0n) is 16.8. The molecule has 3 rings (SSSR count). The number of ether oxygens (including phenoxy) is 2. The van der Waals surface area contributed by atoms with E-state index in [2.05, 4.69) is 10.2 Å². The molecular weight excluding hydrogens is 370 g/mol. The summed E-state index contributed by atoms with van der Waals surface area (Å²) in [4.78, 5) is 28.7. The van der Waals surface area contributed by atoms with Gasteiger partial charge in [-0.25, -0.2) is 4.79 Å². The lowest BCUT2D eigenvalue weighted by Crippen LogP contribution is -2.37. The Kier molecular flexibility index (Phi) is 7.21. The van der Waals surface area contributed by atoms with Crippen LogP contribution in [-0.4, -0.2) is 63.8 Å². The van der Waals surface area contributed by atoms with Crippen LogP contribution in [0.3, 0.4) is 0 Å². The van der Waals surface area contributed by atoms with Crippen molar-refractivity contribution >= 4 is 23.3 Å². The number of likely N-dealkylation sites (N-methyl/N-ethyl adjacent to an activating group) is 1. The summed E-state index contributed by atoms with van der Waals surface area (Å²) >= 11 is 0. The second-order valence-corrected chi connectivity index (χ2v) is 6.95. The predicted molar refractivity (Wildman–Crippen MR) is 112 cm³/mol. The fourth-order valence-corrected chi connectivity index (χ4v) is 3.41. The van der Waals surface area contributed by atoms with Crippen LogP contribution in [0.15, 0.2) is 54.6 Å². The first kappa shape index (κ1) is 20.8. The van der Waals surface area contributed by atoms with E-state index in [1.807, 2.05) is 54.6 Å². The highest BCUT2D eigenvalue weighted by Gasteiger charge is 2.27. The SMILES string of the molecule is COC(=O)[C@H](c1ccccc1)N(C)CC(=O)Nc1ccc(N2CCOCC2)cc1. The van der Waals surface area contributed by atoms with Gasteiger partial charge in [-0.05, 0) is 36.9 Å². The van der Waals surface area contributed by atoms with Crippen molar-refractivity contribution in [2.45, 2.75) is 6.04 Å². The van der Waals surface area contributed by atoms with Crippen LogP contribution in [0, 0.1) is 0 Å². The molecule has 1 saturated heterocycles. The number of carbonyl (C=O) groups excluding carboxylic acids is 2. The Hall–Kier alpha value is -2.90. The summed E-state index contributed by atoms with van der Waals surface area (Å²) in [5, 5.41) is 2.89. The standard InChI is InChI=1S/C22H27N3O4/c1-24(21(22(27)28-2)17-6-4-3-5-7-17)16-20(26)23-18-8-10-19(11-9-18)25-12-14-29-15-13-25/h3-11,21H,12-16H2,1-2H3,(H,23,26)/t21-/m0/s1. The quantitative estimate of drug-likeness (QED) is 0.723. The van der Waals surface area contributed by atoms with Crippen molar-refractivity contribution in [3.8, 4) is 0 Å². The van der Waals surface area contributed by atoms with Crippen LogP contribution in [0.25, 0.3) is 0 Å². The van der Waals surface area contributed by atoms with Gasteiger partial charge >= 0.3 is 5.97 Å². The molecule has 7 heteroatoms. The van der Waals surface area contributed by atoms with Crippen molar-refractivity contribution in [1.82, 2.24) is 4.90 Å². The first-order valence-electron chi connectivity index (χ1n) is 9.64. The zero-order valence-corrected chi connectivity index (χ0v) is 16.8. The van der Waals surface area contributed by atoms with Crippen molar-refractivity contribution in [1.29, 1.82) is 0 Å². The lowest BCUT2D eigenvalue weighted by Gasteiger charge is -2.29. The van der Waals surface area contributed by atoms with Gasteiger partial charge in [0, 0.05) is 24.5 Å². The molecule has 1 fully saturated rings. The summed E-state index contributed by atoms with van der Waals surface area (Å²) in [5.74, 6) is -0.599. The minimum Gasteiger partial charge on any atom is -0.468 e. The number of amides is 1. The van der Waals surface area contributed by atoms with Crippen molar-refractivity contribution in [2.24, 2.45) is 0 Å². The molecule has 7 nitrogen and oxygen atoms in total. The second kappa shape index (κ2) is 10.0. The number of nitrogens with one attached hydrogen (secondary N) is 1. The molecule has 1 amide bonds. The highest BCUT2D eigenvalue weighted by Crippen LogP contribution is 2.22. The van der Waals surface area contributed by atoms with Crippen LogP contribution in [0.5, 0.6) is 0 Å². The molecule has 1 aliphatic heterocycles. The van der Waals surface area contributed by atoms with Crippen LogP contribution < -0.4 is 10.2 Å². The van der Waals surface area contributed by atoms with Gasteiger partial charge in [0.15, 0.2) is 0 Å². The number of benzene rings is 2. The maximum Gasteiger partial charge on any atom is 0.327 e. The van der Waals surface area contributed by atoms with Gasteiger partial charge in [0.2, 0.25) is 5.91 Å². The number of hydrogen-bond acceptors (Lipinski definition) is 6. The normalized spacial score (nSPS) is 15.1. The van der Waals surface area contributed by atoms with Crippen LogP contribution >= 0.6 is 0 Å². The van der Waals surface area contributed by atoms with Crippen molar-refractivity contribution in [3.63, 3.8) is 0 Å². The highest BCUT2D eigenvalue weighted by atomic mass is 16.5. The smallest absolute Gasteiger partial charge is 0.327 e. The molecule has 0 spiro atoms. The lowest BCUT2D eigenvalue weighted by molar-refractivity contribution is -0.147. The molecule has 1 heterocycles. The second-order valence-electron chi connectivity index (χ2n) is 6.95. The first-order valence-corrected chi connectivity index (χ1v) is 9.64. The van der Waals surface area contributed by atoms with E-state index in [0.29, 0.717) is 0 Å². The third-order valence-corrected chi connectivity index (χ3v) is 4.90. The van der Waals surface area contributed by atoms with Crippen molar-refractivity contribution in [2.75, 3.05) is 57.2 Å². The molecule has 1 N–H and O–H groups in total. The molecule has 2 aromatic rings. The van der Waals surface area contributed by atoms with Gasteiger partial charge in [-0.1, -0.05) is 30.3 Å². The Labute approximate surface area is 171 Å². The lowest BCUT2D eigenvalue weighted by atomic mass is 10.1. The van der Waals surface area contributed by atoms with E-state index < -0.39 is 12.0 Å². The maximum atomic E-state index is 12.5. The number of rotatable bonds is 7. The van der Waals surface area contributed by atoms with E-state index in [1.165, 1.54) is 7.11 Å². The topological polar surface area (TPSA) is 71.1 Å². The number of carbonyl (C=O) groups is 2. The fraction of sp³-hybridized carbons (Fsp3) is 0.364. The Morgan fingerprint density at radius 1 is 1.10 bits per heavy atom. The molecule has 29 heavy (non-hydrogen) atoms. The molecule has 0 radical (unpaired) electrons. The summed E-state index contributed by atoms with van der Waals surface area (Å²) in [5.41, 5.74) is 2.61. The Morgan fingerprint density at radius 3 is 2.38 bits per heavy atom. The molecule has 0 bridgehead atoms. The zero-order chi connectivity index (χ0) is 20.6. The predicted octanol–water partition coefficient (Wildman–Crippen LogP) is 2.31. The maximum absolute atomic E-state index is 12.5. The molecular formula is C22H27N3O4. The Balaban J connectivity index is 1.60. The summed E-state index contributed by atoms with van der Waals surface area (Å²) in [6.07, 6.45) is 0. The van der Waals surface area contributed by atoms with Gasteiger partial charge in [-0.3, -0.25) is 9.69 Å². The molecule has 0 aromatic heterocycles. The third kappa shape index (κ3) is 5.56. The molecule has 0 aliphatic carbocycles. The average molecular weight is 397 g/mol. The van der Waals surface area contributed by atoms with E-state index in [-0.39, 0.29) is 12.5 Å². The van der Waals surface area contributed by atoms with Gasteiger partial charge in [0.1, 0.15) is 6.04 Å². The van der Waals surface area contributed by atoms with Crippen LogP contribution in [0.2, 0.25) is 0 Å². The Bertz CT molecular complexity index is 805. The van der Waals surface area contributed by atoms with Gasteiger partial charge in [0.25, 0.3) is 0 Å². The summed E-state index contributed by atoms with van der Waals surface area (Å²) in [7, 11) is 3.08. The Morgan fingerprint density at radius 2 is 1.76 bits per heavy atom. The van der Waals surface area contributed by atoms with Crippen molar-refractivity contribution < 1.29 is 19.1 Å². The van der Waals surface area contributed by atoms with Gasteiger partial charge in [0.05, 0.1) is 26.9 Å². The van der Waals surface area contributed by atoms with E-state index in [4.69, 9.17) is 9.47 Å². The van der Waals surface area contributed by atoms with E-state index in [1.54, 1.807) is 11.9 Å².